The van der Waals surface area contributed by atoms with Gasteiger partial charge >= 0.3 is 5.97 Å². The van der Waals surface area contributed by atoms with E-state index in [1.807, 2.05) is 42.5 Å². The molecule has 8 heteroatoms. The first-order chi connectivity index (χ1) is 16.0. The number of aromatic nitrogens is 1. The number of carboxylic acids is 1. The first-order valence-corrected chi connectivity index (χ1v) is 11.3. The Labute approximate surface area is 193 Å². The number of hydrogen-bond donors (Lipinski definition) is 3. The minimum atomic E-state index is -0.812. The molecule has 0 bridgehead atoms. The fourth-order valence-corrected chi connectivity index (χ4v) is 4.02. The average molecular weight is 451 g/mol. The SMILES string of the molecule is O=C(O)CCC/C=C(/c1cccnc1)c1cccc(N/C(=C\[N+](=O)[O-])NC2CCCCC2)c1. The molecule has 1 saturated carbocycles. The minimum absolute atomic E-state index is 0.111. The topological polar surface area (TPSA) is 117 Å². The highest BCUT2D eigenvalue weighted by Crippen LogP contribution is 2.27. The van der Waals surface area contributed by atoms with Crippen molar-refractivity contribution in [3.05, 3.63) is 88.1 Å². The standard InChI is InChI=1S/C25H30N4O4/c30-25(31)14-5-4-13-23(20-9-7-15-26-17-20)19-8-6-12-22(16-19)28-24(18-29(32)33)27-21-10-2-1-3-11-21/h6-9,12-13,15-18,21,27-28H,1-5,10-11,14H2,(H,30,31)/b23-13+,24-18-. The van der Waals surface area contributed by atoms with E-state index in [4.69, 9.17) is 5.11 Å². The Bertz CT molecular complexity index is 998. The number of pyridine rings is 1. The molecule has 3 rings (SSSR count). The van der Waals surface area contributed by atoms with Crippen LogP contribution in [0.5, 0.6) is 0 Å². The third-order valence-corrected chi connectivity index (χ3v) is 5.57. The lowest BCUT2D eigenvalue weighted by Crippen LogP contribution is -2.33. The van der Waals surface area contributed by atoms with Gasteiger partial charge in [-0.25, -0.2) is 0 Å². The number of nitro groups is 1. The summed E-state index contributed by atoms with van der Waals surface area (Å²) in [6, 6.07) is 11.7. The van der Waals surface area contributed by atoms with E-state index in [0.29, 0.717) is 18.7 Å². The quantitative estimate of drug-likeness (QED) is 0.245. The van der Waals surface area contributed by atoms with Gasteiger partial charge in [-0.3, -0.25) is 19.9 Å². The average Bonchev–Trinajstić information content (AvgIpc) is 2.80. The first-order valence-electron chi connectivity index (χ1n) is 11.3. The van der Waals surface area contributed by atoms with Gasteiger partial charge < -0.3 is 15.7 Å². The predicted octanol–water partition coefficient (Wildman–Crippen LogP) is 5.18. The van der Waals surface area contributed by atoms with Gasteiger partial charge in [0, 0.05) is 36.1 Å². The van der Waals surface area contributed by atoms with Crippen LogP contribution in [0.2, 0.25) is 0 Å². The summed E-state index contributed by atoms with van der Waals surface area (Å²) in [4.78, 5) is 25.8. The van der Waals surface area contributed by atoms with Crippen LogP contribution < -0.4 is 10.6 Å². The Hall–Kier alpha value is -3.68. The molecule has 1 heterocycles. The maximum atomic E-state index is 11.2. The summed E-state index contributed by atoms with van der Waals surface area (Å²) in [6.07, 6.45) is 13.2. The molecule has 1 aliphatic rings. The highest BCUT2D eigenvalue weighted by atomic mass is 16.6. The predicted molar refractivity (Wildman–Crippen MR) is 128 cm³/mol. The Morgan fingerprint density at radius 3 is 2.67 bits per heavy atom. The molecule has 3 N–H and O–H groups in total. The van der Waals surface area contributed by atoms with Crippen LogP contribution in [0.25, 0.3) is 5.57 Å². The second-order valence-electron chi connectivity index (χ2n) is 8.16. The third kappa shape index (κ3) is 8.07. The number of carboxylic acid groups (broad SMARTS) is 1. The second-order valence-corrected chi connectivity index (χ2v) is 8.16. The highest BCUT2D eigenvalue weighted by Gasteiger charge is 2.16. The zero-order chi connectivity index (χ0) is 23.5. The lowest BCUT2D eigenvalue weighted by atomic mass is 9.95. The summed E-state index contributed by atoms with van der Waals surface area (Å²) in [6.45, 7) is 0. The van der Waals surface area contributed by atoms with Gasteiger partial charge in [0.1, 0.15) is 0 Å². The molecule has 1 fully saturated rings. The number of allylic oxidation sites excluding steroid dienone is 1. The molecule has 174 valence electrons. The highest BCUT2D eigenvalue weighted by molar-refractivity contribution is 5.81. The molecule has 0 aliphatic heterocycles. The molecular weight excluding hydrogens is 420 g/mol. The van der Waals surface area contributed by atoms with E-state index in [0.717, 1.165) is 54.3 Å². The van der Waals surface area contributed by atoms with Gasteiger partial charge in [-0.05, 0) is 55.0 Å². The van der Waals surface area contributed by atoms with E-state index in [-0.39, 0.29) is 12.5 Å². The molecule has 0 radical (unpaired) electrons. The summed E-state index contributed by atoms with van der Waals surface area (Å²) in [5.41, 5.74) is 3.51. The monoisotopic (exact) mass is 450 g/mol. The van der Waals surface area contributed by atoms with Crippen LogP contribution in [0.3, 0.4) is 0 Å². The van der Waals surface area contributed by atoms with Crippen LogP contribution in [0.15, 0.2) is 66.9 Å². The van der Waals surface area contributed by atoms with E-state index in [1.54, 1.807) is 12.4 Å². The van der Waals surface area contributed by atoms with Crippen LogP contribution in [-0.4, -0.2) is 27.0 Å². The molecule has 1 aromatic carbocycles. The summed E-state index contributed by atoms with van der Waals surface area (Å²) in [5, 5.41) is 26.6. The maximum absolute atomic E-state index is 11.2. The normalized spacial score (nSPS) is 15.2. The molecule has 2 aromatic rings. The van der Waals surface area contributed by atoms with Crippen molar-refractivity contribution in [2.45, 2.75) is 57.4 Å². The lowest BCUT2D eigenvalue weighted by molar-refractivity contribution is -0.403. The summed E-state index contributed by atoms with van der Waals surface area (Å²) >= 11 is 0. The first kappa shape index (κ1) is 24.0. The number of nitrogens with one attached hydrogen (secondary N) is 2. The lowest BCUT2D eigenvalue weighted by Gasteiger charge is -2.25. The van der Waals surface area contributed by atoms with E-state index >= 15 is 0 Å². The van der Waals surface area contributed by atoms with Gasteiger partial charge in [0.05, 0.1) is 4.92 Å². The largest absolute Gasteiger partial charge is 0.481 e. The molecule has 0 saturated heterocycles. The van der Waals surface area contributed by atoms with Crippen molar-refractivity contribution in [2.75, 3.05) is 5.32 Å². The number of unbranched alkanes of at least 4 members (excludes halogenated alkanes) is 1. The number of benzene rings is 1. The Morgan fingerprint density at radius 1 is 1.18 bits per heavy atom. The van der Waals surface area contributed by atoms with E-state index < -0.39 is 10.9 Å². The van der Waals surface area contributed by atoms with Crippen molar-refractivity contribution >= 4 is 17.2 Å². The van der Waals surface area contributed by atoms with Crippen molar-refractivity contribution in [3.63, 3.8) is 0 Å². The number of rotatable bonds is 11. The smallest absolute Gasteiger partial charge is 0.303 e. The minimum Gasteiger partial charge on any atom is -0.481 e. The molecule has 0 amide bonds. The molecule has 1 aromatic heterocycles. The molecule has 0 atom stereocenters. The van der Waals surface area contributed by atoms with Crippen LogP contribution in [0, 0.1) is 10.1 Å². The van der Waals surface area contributed by atoms with Gasteiger partial charge in [0.25, 0.3) is 6.20 Å². The summed E-state index contributed by atoms with van der Waals surface area (Å²) < 4.78 is 0. The zero-order valence-corrected chi connectivity index (χ0v) is 18.6. The number of aliphatic carboxylic acids is 1. The molecular formula is C25H30N4O4. The van der Waals surface area contributed by atoms with Crippen LogP contribution >= 0.6 is 0 Å². The van der Waals surface area contributed by atoms with Crippen molar-refractivity contribution in [3.8, 4) is 0 Å². The van der Waals surface area contributed by atoms with Crippen LogP contribution in [-0.2, 0) is 4.79 Å². The van der Waals surface area contributed by atoms with Crippen molar-refractivity contribution < 1.29 is 14.8 Å². The molecule has 8 nitrogen and oxygen atoms in total. The van der Waals surface area contributed by atoms with E-state index in [2.05, 4.69) is 15.6 Å². The fraction of sp³-hybridized carbons (Fsp3) is 0.360. The molecule has 0 unspecified atom stereocenters. The molecule has 1 aliphatic carbocycles. The summed E-state index contributed by atoms with van der Waals surface area (Å²) in [5.74, 6) is -0.439. The van der Waals surface area contributed by atoms with Gasteiger partial charge in [0.15, 0.2) is 5.82 Å². The van der Waals surface area contributed by atoms with Gasteiger partial charge in [0.2, 0.25) is 0 Å². The van der Waals surface area contributed by atoms with Gasteiger partial charge in [-0.1, -0.05) is 43.5 Å². The molecule has 33 heavy (non-hydrogen) atoms. The van der Waals surface area contributed by atoms with Crippen molar-refractivity contribution in [1.82, 2.24) is 10.3 Å². The van der Waals surface area contributed by atoms with Crippen LogP contribution in [0.4, 0.5) is 5.69 Å². The number of carbonyl (C=O) groups is 1. The fourth-order valence-electron chi connectivity index (χ4n) is 4.02. The van der Waals surface area contributed by atoms with Crippen molar-refractivity contribution in [2.24, 2.45) is 0 Å². The molecule has 0 spiro atoms. The zero-order valence-electron chi connectivity index (χ0n) is 18.6. The Kier molecular flexibility index (Phi) is 8.99. The van der Waals surface area contributed by atoms with E-state index in [9.17, 15) is 14.9 Å². The van der Waals surface area contributed by atoms with Gasteiger partial charge in [-0.2, -0.15) is 0 Å². The van der Waals surface area contributed by atoms with Gasteiger partial charge in [-0.15, -0.1) is 0 Å². The number of anilines is 1. The Morgan fingerprint density at radius 2 is 1.97 bits per heavy atom. The number of nitrogens with zero attached hydrogens (tertiary/aromatic N) is 2. The second kappa shape index (κ2) is 12.4. The summed E-state index contributed by atoms with van der Waals surface area (Å²) in [7, 11) is 0. The third-order valence-electron chi connectivity index (χ3n) is 5.57. The number of hydrogen-bond acceptors (Lipinski definition) is 6. The van der Waals surface area contributed by atoms with E-state index in [1.165, 1.54) is 6.42 Å². The maximum Gasteiger partial charge on any atom is 0.303 e. The van der Waals surface area contributed by atoms with Crippen LogP contribution in [0.1, 0.15) is 62.5 Å². The Balaban J connectivity index is 1.82. The van der Waals surface area contributed by atoms with Crippen molar-refractivity contribution in [1.29, 1.82) is 0 Å².